The number of rotatable bonds is 5. The van der Waals surface area contributed by atoms with Gasteiger partial charge in [-0.1, -0.05) is 28.1 Å². The number of nitrogens with one attached hydrogen (secondary N) is 1. The van der Waals surface area contributed by atoms with Crippen molar-refractivity contribution in [3.63, 3.8) is 0 Å². The Bertz CT molecular complexity index is 788. The maximum Gasteiger partial charge on any atom is 0.265 e. The van der Waals surface area contributed by atoms with Crippen molar-refractivity contribution in [1.29, 1.82) is 0 Å². The van der Waals surface area contributed by atoms with Crippen LogP contribution in [0.15, 0.2) is 45.8 Å². The van der Waals surface area contributed by atoms with Gasteiger partial charge in [-0.2, -0.15) is 0 Å². The summed E-state index contributed by atoms with van der Waals surface area (Å²) in [6, 6.07) is 10.6. The summed E-state index contributed by atoms with van der Waals surface area (Å²) >= 11 is 3.30. The van der Waals surface area contributed by atoms with Crippen LogP contribution in [0.3, 0.4) is 0 Å². The number of hydrogen-bond acceptors (Lipinski definition) is 3. The molecule has 0 atom stereocenters. The lowest BCUT2D eigenvalue weighted by molar-refractivity contribution is 0.331. The smallest absolute Gasteiger partial charge is 0.265 e. The number of benzene rings is 2. The van der Waals surface area contributed by atoms with Gasteiger partial charge in [0.1, 0.15) is 10.6 Å². The lowest BCUT2D eigenvalue weighted by atomic mass is 10.1. The predicted molar refractivity (Wildman–Crippen MR) is 92.0 cm³/mol. The third-order valence-electron chi connectivity index (χ3n) is 3.13. The molecule has 118 valence electrons. The average Bonchev–Trinajstić information content (AvgIpc) is 2.45. The van der Waals surface area contributed by atoms with Crippen LogP contribution in [0.2, 0.25) is 0 Å². The Hall–Kier alpha value is -1.53. The summed E-state index contributed by atoms with van der Waals surface area (Å²) in [5, 5.41) is 0. The third-order valence-corrected chi connectivity index (χ3v) is 5.01. The van der Waals surface area contributed by atoms with Crippen molar-refractivity contribution in [2.75, 3.05) is 11.3 Å². The maximum absolute atomic E-state index is 12.7. The van der Waals surface area contributed by atoms with E-state index in [1.807, 2.05) is 39.0 Å². The molecule has 0 aromatic heterocycles. The zero-order valence-electron chi connectivity index (χ0n) is 12.7. The van der Waals surface area contributed by atoms with Crippen molar-refractivity contribution in [2.24, 2.45) is 0 Å². The monoisotopic (exact) mass is 383 g/mol. The molecule has 0 spiro atoms. The summed E-state index contributed by atoms with van der Waals surface area (Å²) in [6.07, 6.45) is 0. The zero-order valence-corrected chi connectivity index (χ0v) is 15.1. The van der Waals surface area contributed by atoms with Gasteiger partial charge in [0.25, 0.3) is 10.0 Å². The molecule has 2 aromatic carbocycles. The molecule has 0 fully saturated rings. The van der Waals surface area contributed by atoms with Crippen molar-refractivity contribution >= 4 is 31.6 Å². The van der Waals surface area contributed by atoms with Crippen molar-refractivity contribution in [3.05, 3.63) is 52.0 Å². The molecular weight excluding hydrogens is 366 g/mol. The lowest BCUT2D eigenvalue weighted by Gasteiger charge is -2.14. The molecule has 2 rings (SSSR count). The van der Waals surface area contributed by atoms with Crippen molar-refractivity contribution in [2.45, 2.75) is 25.7 Å². The van der Waals surface area contributed by atoms with E-state index in [4.69, 9.17) is 4.74 Å². The fraction of sp³-hybridized carbons (Fsp3) is 0.250. The standard InChI is InChI=1S/C16H18BrNO3S/c1-4-21-15-8-7-13(17)10-16(15)22(19,20)18-14-9-11(2)5-6-12(14)3/h5-10,18H,4H2,1-3H3. The van der Waals surface area contributed by atoms with Gasteiger partial charge in [0.05, 0.1) is 12.3 Å². The Labute approximate surface area is 139 Å². The van der Waals surface area contributed by atoms with Gasteiger partial charge in [-0.15, -0.1) is 0 Å². The van der Waals surface area contributed by atoms with E-state index in [-0.39, 0.29) is 4.90 Å². The van der Waals surface area contributed by atoms with E-state index < -0.39 is 10.0 Å². The van der Waals surface area contributed by atoms with E-state index in [9.17, 15) is 8.42 Å². The Balaban J connectivity index is 2.46. The molecule has 0 saturated carbocycles. The highest BCUT2D eigenvalue weighted by atomic mass is 79.9. The van der Waals surface area contributed by atoms with Crippen molar-refractivity contribution < 1.29 is 13.2 Å². The minimum atomic E-state index is -3.73. The second-order valence-corrected chi connectivity index (χ2v) is 7.51. The number of aryl methyl sites for hydroxylation is 2. The van der Waals surface area contributed by atoms with Crippen LogP contribution >= 0.6 is 15.9 Å². The summed E-state index contributed by atoms with van der Waals surface area (Å²) < 4.78 is 34.2. The van der Waals surface area contributed by atoms with E-state index in [1.165, 1.54) is 0 Å². The van der Waals surface area contributed by atoms with Crippen LogP contribution in [0.5, 0.6) is 5.75 Å². The van der Waals surface area contributed by atoms with Crippen LogP contribution in [0, 0.1) is 13.8 Å². The van der Waals surface area contributed by atoms with E-state index in [2.05, 4.69) is 20.7 Å². The molecule has 0 saturated heterocycles. The van der Waals surface area contributed by atoms with Gasteiger partial charge >= 0.3 is 0 Å². The van der Waals surface area contributed by atoms with E-state index in [0.717, 1.165) is 11.1 Å². The Morgan fingerprint density at radius 1 is 1.14 bits per heavy atom. The highest BCUT2D eigenvalue weighted by molar-refractivity contribution is 9.10. The second kappa shape index (κ2) is 6.71. The van der Waals surface area contributed by atoms with E-state index >= 15 is 0 Å². The highest BCUT2D eigenvalue weighted by Gasteiger charge is 2.21. The van der Waals surface area contributed by atoms with Gasteiger partial charge in [0.15, 0.2) is 0 Å². The fourth-order valence-corrected chi connectivity index (χ4v) is 3.82. The molecule has 0 aliphatic rings. The van der Waals surface area contributed by atoms with Crippen LogP contribution < -0.4 is 9.46 Å². The maximum atomic E-state index is 12.7. The van der Waals surface area contributed by atoms with Gasteiger partial charge < -0.3 is 4.74 Å². The topological polar surface area (TPSA) is 55.4 Å². The van der Waals surface area contributed by atoms with Crippen LogP contribution in [0.4, 0.5) is 5.69 Å². The minimum Gasteiger partial charge on any atom is -0.492 e. The summed E-state index contributed by atoms with van der Waals surface area (Å²) in [6.45, 7) is 5.99. The lowest BCUT2D eigenvalue weighted by Crippen LogP contribution is -2.15. The molecule has 4 nitrogen and oxygen atoms in total. The normalized spacial score (nSPS) is 11.3. The SMILES string of the molecule is CCOc1ccc(Br)cc1S(=O)(=O)Nc1cc(C)ccc1C. The van der Waals surface area contributed by atoms with Crippen LogP contribution in [-0.4, -0.2) is 15.0 Å². The molecule has 22 heavy (non-hydrogen) atoms. The molecule has 0 heterocycles. The Kier molecular flexibility index (Phi) is 5.13. The summed E-state index contributed by atoms with van der Waals surface area (Å²) in [4.78, 5) is 0.115. The number of anilines is 1. The number of ether oxygens (including phenoxy) is 1. The van der Waals surface area contributed by atoms with Gasteiger partial charge in [-0.3, -0.25) is 4.72 Å². The fourth-order valence-electron chi connectivity index (χ4n) is 2.01. The van der Waals surface area contributed by atoms with Gasteiger partial charge in [-0.05, 0) is 56.2 Å². The molecule has 0 aliphatic carbocycles. The third kappa shape index (κ3) is 3.81. The summed E-state index contributed by atoms with van der Waals surface area (Å²) in [5.74, 6) is 0.337. The van der Waals surface area contributed by atoms with E-state index in [1.54, 1.807) is 18.2 Å². The molecule has 0 aliphatic heterocycles. The largest absolute Gasteiger partial charge is 0.492 e. The first-order valence-corrected chi connectivity index (χ1v) is 9.13. The zero-order chi connectivity index (χ0) is 16.3. The summed E-state index contributed by atoms with van der Waals surface area (Å²) in [5.41, 5.74) is 2.42. The molecule has 1 N–H and O–H groups in total. The molecule has 0 unspecified atom stereocenters. The Morgan fingerprint density at radius 2 is 1.86 bits per heavy atom. The minimum absolute atomic E-state index is 0.115. The number of halogens is 1. The van der Waals surface area contributed by atoms with Crippen molar-refractivity contribution in [3.8, 4) is 5.75 Å². The predicted octanol–water partition coefficient (Wildman–Crippen LogP) is 4.27. The molecule has 2 aromatic rings. The van der Waals surface area contributed by atoms with Crippen LogP contribution in [-0.2, 0) is 10.0 Å². The first kappa shape index (κ1) is 16.8. The van der Waals surface area contributed by atoms with Gasteiger partial charge in [0.2, 0.25) is 0 Å². The average molecular weight is 384 g/mol. The quantitative estimate of drug-likeness (QED) is 0.838. The van der Waals surface area contributed by atoms with Gasteiger partial charge in [0, 0.05) is 4.47 Å². The van der Waals surface area contributed by atoms with Crippen molar-refractivity contribution in [1.82, 2.24) is 0 Å². The van der Waals surface area contributed by atoms with Gasteiger partial charge in [-0.25, -0.2) is 8.42 Å². The highest BCUT2D eigenvalue weighted by Crippen LogP contribution is 2.30. The Morgan fingerprint density at radius 3 is 2.55 bits per heavy atom. The number of hydrogen-bond donors (Lipinski definition) is 1. The molecule has 0 amide bonds. The first-order valence-electron chi connectivity index (χ1n) is 6.86. The molecular formula is C16H18BrNO3S. The van der Waals surface area contributed by atoms with Crippen LogP contribution in [0.1, 0.15) is 18.1 Å². The molecule has 6 heteroatoms. The first-order chi connectivity index (χ1) is 10.3. The molecule has 0 bridgehead atoms. The van der Waals surface area contributed by atoms with E-state index in [0.29, 0.717) is 22.5 Å². The van der Waals surface area contributed by atoms with Crippen LogP contribution in [0.25, 0.3) is 0 Å². The molecule has 0 radical (unpaired) electrons. The summed E-state index contributed by atoms with van der Waals surface area (Å²) in [7, 11) is -3.73. The second-order valence-electron chi connectivity index (χ2n) is 4.95. The number of sulfonamides is 1.